The van der Waals surface area contributed by atoms with Crippen molar-refractivity contribution in [3.05, 3.63) is 90.9 Å². The minimum atomic E-state index is -0.208. The highest BCUT2D eigenvalue weighted by Crippen LogP contribution is 2.10. The first-order valence-electron chi connectivity index (χ1n) is 8.64. The minimum Gasteiger partial charge on any atom is -0.348 e. The van der Waals surface area contributed by atoms with E-state index in [1.807, 2.05) is 48.7 Å². The van der Waals surface area contributed by atoms with E-state index in [0.29, 0.717) is 12.4 Å². The van der Waals surface area contributed by atoms with Crippen LogP contribution in [-0.4, -0.2) is 35.4 Å². The van der Waals surface area contributed by atoms with Gasteiger partial charge >= 0.3 is 0 Å². The topological polar surface area (TPSA) is 90.5 Å². The summed E-state index contributed by atoms with van der Waals surface area (Å²) in [5.41, 5.74) is 2.64. The summed E-state index contributed by atoms with van der Waals surface area (Å²) in [4.78, 5) is 20.4. The van der Waals surface area contributed by atoms with Crippen molar-refractivity contribution in [1.29, 1.82) is 0 Å². The maximum absolute atomic E-state index is 12.2. The molecule has 1 aromatic carbocycles. The lowest BCUT2D eigenvalue weighted by Crippen LogP contribution is -2.21. The zero-order chi connectivity index (χ0) is 19.2. The van der Waals surface area contributed by atoms with Gasteiger partial charge in [0.2, 0.25) is 5.91 Å². The summed E-state index contributed by atoms with van der Waals surface area (Å²) in [5.74, 6) is 0.425. The molecule has 4 aromatic rings. The molecule has 0 spiro atoms. The number of nitrogens with zero attached hydrogens (tertiary/aromatic N) is 6. The molecule has 0 atom stereocenters. The third-order valence-electron chi connectivity index (χ3n) is 4.01. The normalized spacial score (nSPS) is 11.0. The molecule has 0 aliphatic carbocycles. The monoisotopic (exact) mass is 371 g/mol. The summed E-state index contributed by atoms with van der Waals surface area (Å²) >= 11 is 0. The summed E-state index contributed by atoms with van der Waals surface area (Å²) in [6, 6.07) is 13.5. The Morgan fingerprint density at radius 1 is 1.07 bits per heavy atom. The van der Waals surface area contributed by atoms with Crippen LogP contribution in [0.5, 0.6) is 0 Å². The van der Waals surface area contributed by atoms with Gasteiger partial charge in [-0.3, -0.25) is 4.79 Å². The summed E-state index contributed by atoms with van der Waals surface area (Å²) in [6.45, 7) is 0.329. The maximum atomic E-state index is 12.2. The molecule has 0 saturated carbocycles. The van der Waals surface area contributed by atoms with Gasteiger partial charge in [-0.1, -0.05) is 24.3 Å². The number of amides is 1. The molecule has 3 heterocycles. The standard InChI is InChI=1S/C20H17N7O/c28-19(9-8-16-11-24-26(13-16)18-6-2-1-3-7-18)23-12-17-5-4-10-22-20(17)27-15-21-14-25-27/h1-11,13-15H,12H2,(H,23,28). The molecule has 0 unspecified atom stereocenters. The average Bonchev–Trinajstić information content (AvgIpc) is 3.44. The van der Waals surface area contributed by atoms with Crippen LogP contribution in [0.2, 0.25) is 0 Å². The van der Waals surface area contributed by atoms with Crippen molar-refractivity contribution in [1.82, 2.24) is 34.8 Å². The van der Waals surface area contributed by atoms with Gasteiger partial charge < -0.3 is 5.32 Å². The molecule has 4 rings (SSSR count). The highest BCUT2D eigenvalue weighted by Gasteiger charge is 2.07. The highest BCUT2D eigenvalue weighted by molar-refractivity contribution is 5.91. The molecular weight excluding hydrogens is 354 g/mol. The van der Waals surface area contributed by atoms with Gasteiger partial charge in [-0.2, -0.15) is 10.2 Å². The van der Waals surface area contributed by atoms with E-state index in [1.165, 1.54) is 12.4 Å². The molecule has 0 radical (unpaired) electrons. The molecule has 138 valence electrons. The molecule has 8 nitrogen and oxygen atoms in total. The quantitative estimate of drug-likeness (QED) is 0.525. The number of nitrogens with one attached hydrogen (secondary N) is 1. The number of aromatic nitrogens is 6. The second-order valence-corrected chi connectivity index (χ2v) is 5.93. The van der Waals surface area contributed by atoms with Crippen molar-refractivity contribution in [2.75, 3.05) is 0 Å². The molecule has 1 amide bonds. The number of para-hydroxylation sites is 1. The van der Waals surface area contributed by atoms with Crippen molar-refractivity contribution in [3.63, 3.8) is 0 Å². The predicted octanol–water partition coefficient (Wildman–Crippen LogP) is 2.18. The Balaban J connectivity index is 1.39. The van der Waals surface area contributed by atoms with Crippen LogP contribution < -0.4 is 5.32 Å². The molecule has 0 saturated heterocycles. The summed E-state index contributed by atoms with van der Waals surface area (Å²) in [6.07, 6.45) is 11.5. The van der Waals surface area contributed by atoms with E-state index in [2.05, 4.69) is 25.5 Å². The fourth-order valence-electron chi connectivity index (χ4n) is 2.65. The first-order valence-corrected chi connectivity index (χ1v) is 8.64. The largest absolute Gasteiger partial charge is 0.348 e. The number of benzene rings is 1. The van der Waals surface area contributed by atoms with E-state index in [0.717, 1.165) is 16.8 Å². The van der Waals surface area contributed by atoms with Crippen LogP contribution in [-0.2, 0) is 11.3 Å². The van der Waals surface area contributed by atoms with E-state index >= 15 is 0 Å². The second kappa shape index (κ2) is 8.09. The molecule has 1 N–H and O–H groups in total. The Morgan fingerprint density at radius 2 is 1.96 bits per heavy atom. The Kier molecular flexibility index (Phi) is 5.01. The lowest BCUT2D eigenvalue weighted by molar-refractivity contribution is -0.116. The van der Waals surface area contributed by atoms with Crippen LogP contribution in [0, 0.1) is 0 Å². The van der Waals surface area contributed by atoms with Gasteiger partial charge in [0.05, 0.1) is 11.9 Å². The number of hydrogen-bond donors (Lipinski definition) is 1. The van der Waals surface area contributed by atoms with Gasteiger partial charge in [-0.05, 0) is 24.3 Å². The van der Waals surface area contributed by atoms with Crippen molar-refractivity contribution in [3.8, 4) is 11.5 Å². The molecule has 3 aromatic heterocycles. The van der Waals surface area contributed by atoms with Gasteiger partial charge in [0, 0.05) is 36.1 Å². The van der Waals surface area contributed by atoms with Gasteiger partial charge in [0.25, 0.3) is 0 Å². The van der Waals surface area contributed by atoms with E-state index in [4.69, 9.17) is 0 Å². The number of rotatable bonds is 6. The van der Waals surface area contributed by atoms with E-state index in [-0.39, 0.29) is 5.91 Å². The van der Waals surface area contributed by atoms with Crippen LogP contribution in [0.1, 0.15) is 11.1 Å². The van der Waals surface area contributed by atoms with Crippen molar-refractivity contribution >= 4 is 12.0 Å². The molecule has 0 bridgehead atoms. The number of pyridine rings is 1. The summed E-state index contributed by atoms with van der Waals surface area (Å²) in [7, 11) is 0. The van der Waals surface area contributed by atoms with Crippen molar-refractivity contribution in [2.45, 2.75) is 6.54 Å². The third kappa shape index (κ3) is 4.01. The van der Waals surface area contributed by atoms with Gasteiger partial charge in [0.15, 0.2) is 5.82 Å². The minimum absolute atomic E-state index is 0.208. The first-order chi connectivity index (χ1) is 13.8. The van der Waals surface area contributed by atoms with Gasteiger partial charge in [-0.15, -0.1) is 0 Å². The van der Waals surface area contributed by atoms with Crippen LogP contribution in [0.25, 0.3) is 17.6 Å². The molecule has 0 aliphatic heterocycles. The van der Waals surface area contributed by atoms with Crippen molar-refractivity contribution in [2.24, 2.45) is 0 Å². The van der Waals surface area contributed by atoms with E-state index < -0.39 is 0 Å². The van der Waals surface area contributed by atoms with Crippen LogP contribution >= 0.6 is 0 Å². The average molecular weight is 371 g/mol. The SMILES string of the molecule is O=C(C=Cc1cnn(-c2ccccc2)c1)NCc1cccnc1-n1cncn1. The highest BCUT2D eigenvalue weighted by atomic mass is 16.1. The Bertz CT molecular complexity index is 1080. The Hall–Kier alpha value is -4.07. The fourth-order valence-corrected chi connectivity index (χ4v) is 2.65. The van der Waals surface area contributed by atoms with Gasteiger partial charge in [-0.25, -0.2) is 19.3 Å². The van der Waals surface area contributed by atoms with Crippen LogP contribution in [0.3, 0.4) is 0 Å². The Morgan fingerprint density at radius 3 is 2.79 bits per heavy atom. The smallest absolute Gasteiger partial charge is 0.244 e. The zero-order valence-corrected chi connectivity index (χ0v) is 14.9. The summed E-state index contributed by atoms with van der Waals surface area (Å²) in [5, 5.41) is 11.2. The molecular formula is C20H17N7O. The number of hydrogen-bond acceptors (Lipinski definition) is 5. The molecule has 28 heavy (non-hydrogen) atoms. The number of carbonyl (C=O) groups excluding carboxylic acids is 1. The fraction of sp³-hybridized carbons (Fsp3) is 0.0500. The lowest BCUT2D eigenvalue weighted by Gasteiger charge is -2.08. The third-order valence-corrected chi connectivity index (χ3v) is 4.01. The lowest BCUT2D eigenvalue weighted by atomic mass is 10.2. The van der Waals surface area contributed by atoms with Crippen molar-refractivity contribution < 1.29 is 4.79 Å². The maximum Gasteiger partial charge on any atom is 0.244 e. The van der Waals surface area contributed by atoms with E-state index in [1.54, 1.807) is 34.2 Å². The van der Waals surface area contributed by atoms with Crippen LogP contribution in [0.15, 0.2) is 79.8 Å². The number of carbonyl (C=O) groups is 1. The molecule has 0 fully saturated rings. The second-order valence-electron chi connectivity index (χ2n) is 5.93. The van der Waals surface area contributed by atoms with Crippen LogP contribution in [0.4, 0.5) is 0 Å². The predicted molar refractivity (Wildman–Crippen MR) is 104 cm³/mol. The molecule has 0 aliphatic rings. The zero-order valence-electron chi connectivity index (χ0n) is 14.9. The summed E-state index contributed by atoms with van der Waals surface area (Å²) < 4.78 is 3.33. The first kappa shape index (κ1) is 17.3. The van der Waals surface area contributed by atoms with Gasteiger partial charge in [0.1, 0.15) is 12.7 Å². The van der Waals surface area contributed by atoms with E-state index in [9.17, 15) is 4.79 Å². The Labute approximate surface area is 161 Å². The molecule has 8 heteroatoms.